The molecule has 6 aromatic heterocycles. The molecule has 292 valence electrons. The number of nitriles is 2. The van der Waals surface area contributed by atoms with Crippen molar-refractivity contribution < 1.29 is 8.78 Å². The van der Waals surface area contributed by atoms with E-state index in [1.807, 2.05) is 0 Å². The maximum absolute atomic E-state index is 13.8. The number of imidazole rings is 4. The molecule has 0 saturated carbocycles. The topological polar surface area (TPSA) is 210 Å². The molecule has 20 heteroatoms. The fraction of sp³-hybridized carbons (Fsp3) is 0.0500. The SMILES string of the molecule is N#Cc1ccc2c(c1)ncn2-c1ncc2[nH]c(=O)n(Cc3cccc(F)c3Cl)c2n1.N#Cc1ccc2ncn(-c3ncc4[nH]c(=O)n(Cc5cccc(F)c5Cl)c4n3)c2c1. The Morgan fingerprint density at radius 1 is 0.617 bits per heavy atom. The lowest BCUT2D eigenvalue weighted by atomic mass is 10.2. The normalized spacial score (nSPS) is 11.2. The molecule has 0 bridgehead atoms. The highest BCUT2D eigenvalue weighted by molar-refractivity contribution is 6.31. The van der Waals surface area contributed by atoms with Crippen LogP contribution in [0.4, 0.5) is 8.78 Å². The van der Waals surface area contributed by atoms with Crippen molar-refractivity contribution in [2.24, 2.45) is 0 Å². The van der Waals surface area contributed by atoms with Gasteiger partial charge in [-0.2, -0.15) is 20.5 Å². The van der Waals surface area contributed by atoms with Crippen molar-refractivity contribution >= 4 is 67.6 Å². The second-order valence-electron chi connectivity index (χ2n) is 13.1. The summed E-state index contributed by atoms with van der Waals surface area (Å²) in [6.07, 6.45) is 6.08. The van der Waals surface area contributed by atoms with Gasteiger partial charge in [0.05, 0.1) is 80.9 Å². The van der Waals surface area contributed by atoms with E-state index in [2.05, 4.69) is 52.0 Å². The number of benzene rings is 4. The van der Waals surface area contributed by atoms with Gasteiger partial charge in [0.15, 0.2) is 11.3 Å². The average Bonchev–Trinajstić information content (AvgIpc) is 4.03. The van der Waals surface area contributed by atoms with Gasteiger partial charge in [0.2, 0.25) is 11.9 Å². The van der Waals surface area contributed by atoms with Gasteiger partial charge >= 0.3 is 11.4 Å². The molecular formula is C40H22Cl2F2N14O2. The molecule has 0 atom stereocenters. The molecule has 0 aliphatic rings. The molecule has 6 heterocycles. The molecule has 4 aromatic carbocycles. The van der Waals surface area contributed by atoms with Crippen LogP contribution < -0.4 is 11.4 Å². The summed E-state index contributed by atoms with van der Waals surface area (Å²) in [6, 6.07) is 23.2. The van der Waals surface area contributed by atoms with Crippen LogP contribution >= 0.6 is 23.2 Å². The second kappa shape index (κ2) is 15.0. The summed E-state index contributed by atoms with van der Waals surface area (Å²) in [7, 11) is 0. The lowest BCUT2D eigenvalue weighted by molar-refractivity contribution is 0.623. The number of aromatic amines is 2. The van der Waals surface area contributed by atoms with Crippen molar-refractivity contribution in [2.45, 2.75) is 13.1 Å². The van der Waals surface area contributed by atoms with Crippen LogP contribution in [0.5, 0.6) is 0 Å². The Balaban J connectivity index is 0.000000154. The van der Waals surface area contributed by atoms with Crippen LogP contribution in [0, 0.1) is 34.3 Å². The third-order valence-electron chi connectivity index (χ3n) is 9.50. The van der Waals surface area contributed by atoms with Gasteiger partial charge in [0, 0.05) is 0 Å². The predicted octanol–water partition coefficient (Wildman–Crippen LogP) is 6.34. The van der Waals surface area contributed by atoms with E-state index in [4.69, 9.17) is 33.7 Å². The van der Waals surface area contributed by atoms with E-state index in [9.17, 15) is 18.4 Å². The Labute approximate surface area is 343 Å². The molecule has 0 unspecified atom stereocenters. The third kappa shape index (κ3) is 6.67. The molecule has 16 nitrogen and oxygen atoms in total. The van der Waals surface area contributed by atoms with E-state index in [0.29, 0.717) is 72.6 Å². The zero-order chi connectivity index (χ0) is 41.7. The molecule has 10 rings (SSSR count). The Morgan fingerprint density at radius 2 is 1.12 bits per heavy atom. The largest absolute Gasteiger partial charge is 0.328 e. The lowest BCUT2D eigenvalue weighted by Gasteiger charge is -2.07. The standard InChI is InChI=1S/2C20H11ClFN7O/c21-17-12(2-1-3-13(17)22)9-28-18-15(26-20(28)30)8-24-19(27-18)29-10-25-14-6-11(7-23)4-5-16(14)29;21-17-12(2-1-3-13(17)22)9-28-18-15(26-20(28)30)8-24-19(27-18)29-10-25-14-5-4-11(7-23)6-16(14)29/h2*1-6,8,10H,9H2,(H,26,30). The van der Waals surface area contributed by atoms with Gasteiger partial charge < -0.3 is 9.97 Å². The van der Waals surface area contributed by atoms with E-state index < -0.39 is 23.0 Å². The first-order valence-electron chi connectivity index (χ1n) is 17.6. The highest BCUT2D eigenvalue weighted by atomic mass is 35.5. The first-order chi connectivity index (χ1) is 29.1. The number of aromatic nitrogens is 12. The molecule has 0 amide bonds. The molecule has 0 aliphatic carbocycles. The van der Waals surface area contributed by atoms with E-state index >= 15 is 0 Å². The summed E-state index contributed by atoms with van der Waals surface area (Å²) in [5.74, 6) is -0.541. The van der Waals surface area contributed by atoms with Crippen molar-refractivity contribution in [3.05, 3.63) is 163 Å². The summed E-state index contributed by atoms with van der Waals surface area (Å²) in [4.78, 5) is 56.6. The first-order valence-corrected chi connectivity index (χ1v) is 18.4. The summed E-state index contributed by atoms with van der Waals surface area (Å²) in [5, 5.41) is 18.1. The molecular weight excluding hydrogens is 817 g/mol. The number of halogens is 4. The molecule has 0 saturated heterocycles. The first kappa shape index (κ1) is 37.5. The van der Waals surface area contributed by atoms with Crippen molar-refractivity contribution in [2.75, 3.05) is 0 Å². The van der Waals surface area contributed by atoms with E-state index in [1.165, 1.54) is 45.8 Å². The second-order valence-corrected chi connectivity index (χ2v) is 13.9. The predicted molar refractivity (Wildman–Crippen MR) is 216 cm³/mol. The number of H-pyrrole nitrogens is 2. The zero-order valence-corrected chi connectivity index (χ0v) is 31.9. The minimum absolute atomic E-state index is 0.0368. The van der Waals surface area contributed by atoms with Crippen molar-refractivity contribution in [3.8, 4) is 24.0 Å². The number of hydrogen-bond donors (Lipinski definition) is 2. The van der Waals surface area contributed by atoms with Gasteiger partial charge in [0.1, 0.15) is 35.3 Å². The van der Waals surface area contributed by atoms with Crippen molar-refractivity contribution in [1.29, 1.82) is 10.5 Å². The number of nitrogens with one attached hydrogen (secondary N) is 2. The van der Waals surface area contributed by atoms with Gasteiger partial charge in [-0.15, -0.1) is 0 Å². The summed E-state index contributed by atoms with van der Waals surface area (Å²) in [6.45, 7) is 0.0806. The maximum atomic E-state index is 13.8. The molecule has 2 N–H and O–H groups in total. The highest BCUT2D eigenvalue weighted by Crippen LogP contribution is 2.24. The van der Waals surface area contributed by atoms with Crippen LogP contribution in [-0.4, -0.2) is 58.1 Å². The van der Waals surface area contributed by atoms with E-state index in [1.54, 1.807) is 70.3 Å². The minimum Gasteiger partial charge on any atom is -0.303 e. The Kier molecular flexibility index (Phi) is 9.40. The minimum atomic E-state index is -0.560. The Morgan fingerprint density at radius 3 is 1.67 bits per heavy atom. The van der Waals surface area contributed by atoms with Crippen molar-refractivity contribution in [3.63, 3.8) is 0 Å². The van der Waals surface area contributed by atoms with Gasteiger partial charge in [-0.1, -0.05) is 47.5 Å². The lowest BCUT2D eigenvalue weighted by Crippen LogP contribution is -2.18. The summed E-state index contributed by atoms with van der Waals surface area (Å²) >= 11 is 12.1. The average molecular weight is 840 g/mol. The van der Waals surface area contributed by atoms with Gasteiger partial charge in [-0.05, 0) is 59.7 Å². The van der Waals surface area contributed by atoms with Crippen LogP contribution in [-0.2, 0) is 13.1 Å². The molecule has 0 spiro atoms. The summed E-state index contributed by atoms with van der Waals surface area (Å²) in [5.41, 5.74) is 5.27. The molecule has 10 aromatic rings. The maximum Gasteiger partial charge on any atom is 0.328 e. The quantitative estimate of drug-likeness (QED) is 0.190. The fourth-order valence-corrected chi connectivity index (χ4v) is 6.93. The number of rotatable bonds is 6. The third-order valence-corrected chi connectivity index (χ3v) is 10.3. The molecule has 0 fully saturated rings. The van der Waals surface area contributed by atoms with Crippen LogP contribution in [0.25, 0.3) is 56.3 Å². The Bertz CT molecular complexity index is 3550. The van der Waals surface area contributed by atoms with Crippen molar-refractivity contribution in [1.82, 2.24) is 58.1 Å². The Hall–Kier alpha value is -8.06. The van der Waals surface area contributed by atoms with Gasteiger partial charge in [-0.3, -0.25) is 18.3 Å². The van der Waals surface area contributed by atoms with Crippen LogP contribution in [0.2, 0.25) is 10.0 Å². The number of fused-ring (bicyclic) bond motifs is 4. The fourth-order valence-electron chi connectivity index (χ4n) is 6.56. The van der Waals surface area contributed by atoms with Gasteiger partial charge in [-0.25, -0.2) is 38.3 Å². The summed E-state index contributed by atoms with van der Waals surface area (Å²) < 4.78 is 33.6. The monoisotopic (exact) mass is 838 g/mol. The molecule has 0 aliphatic heterocycles. The smallest absolute Gasteiger partial charge is 0.303 e. The van der Waals surface area contributed by atoms with Gasteiger partial charge in [0.25, 0.3) is 0 Å². The van der Waals surface area contributed by atoms with Crippen LogP contribution in [0.1, 0.15) is 22.3 Å². The number of nitrogens with zero attached hydrogens (tertiary/aromatic N) is 12. The van der Waals surface area contributed by atoms with E-state index in [0.717, 1.165) is 0 Å². The van der Waals surface area contributed by atoms with Crippen LogP contribution in [0.3, 0.4) is 0 Å². The molecule has 0 radical (unpaired) electrons. The number of hydrogen-bond acceptors (Lipinski definition) is 10. The molecule has 60 heavy (non-hydrogen) atoms. The van der Waals surface area contributed by atoms with E-state index in [-0.39, 0.29) is 29.1 Å². The highest BCUT2D eigenvalue weighted by Gasteiger charge is 2.17. The van der Waals surface area contributed by atoms with Crippen LogP contribution in [0.15, 0.2) is 107 Å². The zero-order valence-electron chi connectivity index (χ0n) is 30.3.